The molecule has 2 N–H and O–H groups in total. The molecule has 132 valence electrons. The smallest absolute Gasteiger partial charge is 0.255 e. The van der Waals surface area contributed by atoms with Crippen LogP contribution in [0, 0.1) is 6.92 Å². The highest BCUT2D eigenvalue weighted by Gasteiger charge is 2.08. The highest BCUT2D eigenvalue weighted by atomic mass is 35.5. The van der Waals surface area contributed by atoms with Gasteiger partial charge in [-0.3, -0.25) is 4.79 Å². The maximum absolute atomic E-state index is 12.3. The van der Waals surface area contributed by atoms with E-state index in [0.717, 1.165) is 11.3 Å². The summed E-state index contributed by atoms with van der Waals surface area (Å²) in [5.41, 5.74) is 2.96. The van der Waals surface area contributed by atoms with Crippen molar-refractivity contribution in [2.75, 3.05) is 17.7 Å². The van der Waals surface area contributed by atoms with Gasteiger partial charge in [0.2, 0.25) is 0 Å². The quantitative estimate of drug-likeness (QED) is 0.662. The molecule has 0 atom stereocenters. The molecule has 0 aliphatic carbocycles. The van der Waals surface area contributed by atoms with Gasteiger partial charge in [-0.15, -0.1) is 0 Å². The van der Waals surface area contributed by atoms with Crippen molar-refractivity contribution >= 4 is 34.7 Å². The lowest BCUT2D eigenvalue weighted by Crippen LogP contribution is -2.12. The van der Waals surface area contributed by atoms with Crippen LogP contribution >= 0.6 is 11.6 Å². The summed E-state index contributed by atoms with van der Waals surface area (Å²) in [5, 5.41) is 6.72. The predicted octanol–water partition coefficient (Wildman–Crippen LogP) is 5.05. The minimum absolute atomic E-state index is 0.225. The third kappa shape index (κ3) is 4.13. The van der Waals surface area contributed by atoms with E-state index < -0.39 is 0 Å². The summed E-state index contributed by atoms with van der Waals surface area (Å²) in [6, 6.07) is 16.2. The van der Waals surface area contributed by atoms with E-state index in [0.29, 0.717) is 27.8 Å². The van der Waals surface area contributed by atoms with Crippen LogP contribution in [0.4, 0.5) is 17.2 Å². The number of anilines is 3. The van der Waals surface area contributed by atoms with E-state index in [1.165, 1.54) is 0 Å². The number of nitrogens with one attached hydrogen (secondary N) is 2. The third-order valence-corrected chi connectivity index (χ3v) is 4.29. The number of methoxy groups -OCH3 is 1. The molecule has 0 bridgehead atoms. The third-order valence-electron chi connectivity index (χ3n) is 3.88. The number of benzene rings is 2. The van der Waals surface area contributed by atoms with Crippen molar-refractivity contribution in [3.05, 3.63) is 76.9 Å². The Hall–Kier alpha value is -3.05. The molecule has 0 saturated heterocycles. The van der Waals surface area contributed by atoms with E-state index in [2.05, 4.69) is 15.6 Å². The molecule has 2 aromatic carbocycles. The van der Waals surface area contributed by atoms with Crippen LogP contribution in [0.5, 0.6) is 5.75 Å². The van der Waals surface area contributed by atoms with Crippen molar-refractivity contribution in [3.63, 3.8) is 0 Å². The number of nitrogens with zero attached hydrogens (tertiary/aromatic N) is 1. The van der Waals surface area contributed by atoms with Gasteiger partial charge in [0.15, 0.2) is 0 Å². The molecule has 0 aliphatic rings. The van der Waals surface area contributed by atoms with Gasteiger partial charge in [-0.25, -0.2) is 4.98 Å². The fourth-order valence-corrected chi connectivity index (χ4v) is 2.56. The Kier molecular flexibility index (Phi) is 5.39. The number of halogens is 1. The van der Waals surface area contributed by atoms with Crippen molar-refractivity contribution in [2.24, 2.45) is 0 Å². The maximum atomic E-state index is 12.3. The van der Waals surface area contributed by atoms with Crippen LogP contribution in [0.25, 0.3) is 0 Å². The van der Waals surface area contributed by atoms with Gasteiger partial charge in [0.25, 0.3) is 5.91 Å². The second-order valence-corrected chi connectivity index (χ2v) is 6.06. The van der Waals surface area contributed by atoms with Gasteiger partial charge in [-0.1, -0.05) is 23.7 Å². The molecule has 0 spiro atoms. The minimum Gasteiger partial charge on any atom is -0.497 e. The summed E-state index contributed by atoms with van der Waals surface area (Å²) in [4.78, 5) is 16.6. The topological polar surface area (TPSA) is 63.2 Å². The molecule has 0 radical (unpaired) electrons. The summed E-state index contributed by atoms with van der Waals surface area (Å²) in [6.07, 6.45) is 1.60. The largest absolute Gasteiger partial charge is 0.497 e. The first-order valence-electron chi connectivity index (χ1n) is 8.00. The van der Waals surface area contributed by atoms with E-state index in [1.807, 2.05) is 25.1 Å². The molecule has 1 amide bonds. The average Bonchev–Trinajstić information content (AvgIpc) is 2.67. The van der Waals surface area contributed by atoms with Gasteiger partial charge < -0.3 is 15.4 Å². The van der Waals surface area contributed by atoms with Crippen LogP contribution in [0.1, 0.15) is 15.9 Å². The summed E-state index contributed by atoms with van der Waals surface area (Å²) < 4.78 is 5.14. The van der Waals surface area contributed by atoms with Gasteiger partial charge in [-0.2, -0.15) is 0 Å². The zero-order chi connectivity index (χ0) is 18.5. The van der Waals surface area contributed by atoms with Gasteiger partial charge in [0.1, 0.15) is 11.6 Å². The Labute approximate surface area is 157 Å². The number of amides is 1. The van der Waals surface area contributed by atoms with Crippen molar-refractivity contribution in [1.82, 2.24) is 4.98 Å². The van der Waals surface area contributed by atoms with Crippen LogP contribution < -0.4 is 15.4 Å². The minimum atomic E-state index is -0.225. The molecular formula is C20H18ClN3O2. The molecule has 0 fully saturated rings. The van der Waals surface area contributed by atoms with Gasteiger partial charge >= 0.3 is 0 Å². The molecule has 6 heteroatoms. The zero-order valence-corrected chi connectivity index (χ0v) is 15.2. The molecule has 3 rings (SSSR count). The molecule has 0 unspecified atom stereocenters. The molecular weight excluding hydrogens is 350 g/mol. The molecule has 5 nitrogen and oxygen atoms in total. The zero-order valence-electron chi connectivity index (χ0n) is 14.4. The average molecular weight is 368 g/mol. The molecule has 1 heterocycles. The van der Waals surface area contributed by atoms with E-state index in [4.69, 9.17) is 16.3 Å². The van der Waals surface area contributed by atoms with Gasteiger partial charge in [0.05, 0.1) is 19.0 Å². The number of hydrogen-bond donors (Lipinski definition) is 2. The summed E-state index contributed by atoms with van der Waals surface area (Å²) in [5.74, 6) is 1.07. The first-order chi connectivity index (χ1) is 12.6. The Bertz CT molecular complexity index is 927. The van der Waals surface area contributed by atoms with Crippen LogP contribution in [-0.4, -0.2) is 18.0 Å². The van der Waals surface area contributed by atoms with E-state index in [9.17, 15) is 4.79 Å². The molecule has 26 heavy (non-hydrogen) atoms. The first-order valence-corrected chi connectivity index (χ1v) is 8.38. The Morgan fingerprint density at radius 2 is 1.92 bits per heavy atom. The maximum Gasteiger partial charge on any atom is 0.255 e. The second-order valence-electron chi connectivity index (χ2n) is 5.66. The van der Waals surface area contributed by atoms with Crippen LogP contribution in [-0.2, 0) is 0 Å². The van der Waals surface area contributed by atoms with Crippen molar-refractivity contribution in [1.29, 1.82) is 0 Å². The lowest BCUT2D eigenvalue weighted by molar-refractivity contribution is 0.102. The lowest BCUT2D eigenvalue weighted by atomic mass is 10.2. The molecule has 3 aromatic rings. The number of rotatable bonds is 5. The van der Waals surface area contributed by atoms with Crippen molar-refractivity contribution < 1.29 is 9.53 Å². The van der Waals surface area contributed by atoms with Crippen LogP contribution in [0.2, 0.25) is 5.02 Å². The van der Waals surface area contributed by atoms with E-state index >= 15 is 0 Å². The van der Waals surface area contributed by atoms with Crippen LogP contribution in [0.3, 0.4) is 0 Å². The van der Waals surface area contributed by atoms with Gasteiger partial charge in [-0.05, 0) is 55.0 Å². The Morgan fingerprint density at radius 3 is 2.65 bits per heavy atom. The SMILES string of the molecule is COc1cccc(C(=O)Nc2ccc(Nc3cccc(Cl)c3C)nc2)c1. The number of carbonyl (C=O) groups excluding carboxylic acids is 1. The highest BCUT2D eigenvalue weighted by Crippen LogP contribution is 2.25. The Morgan fingerprint density at radius 1 is 1.12 bits per heavy atom. The molecule has 0 aliphatic heterocycles. The van der Waals surface area contributed by atoms with E-state index in [-0.39, 0.29) is 5.91 Å². The number of pyridine rings is 1. The van der Waals surface area contributed by atoms with E-state index in [1.54, 1.807) is 49.7 Å². The number of aromatic nitrogens is 1. The number of ether oxygens (including phenoxy) is 1. The fourth-order valence-electron chi connectivity index (χ4n) is 2.39. The molecule has 1 aromatic heterocycles. The van der Waals surface area contributed by atoms with Gasteiger partial charge in [0, 0.05) is 16.3 Å². The first kappa shape index (κ1) is 17.8. The summed E-state index contributed by atoms with van der Waals surface area (Å²) in [6.45, 7) is 1.94. The fraction of sp³-hybridized carbons (Fsp3) is 0.100. The van der Waals surface area contributed by atoms with Crippen molar-refractivity contribution in [3.8, 4) is 5.75 Å². The standard InChI is InChI=1S/C20H18ClN3O2/c1-13-17(21)7-4-8-18(13)24-19-10-9-15(12-22-19)23-20(25)14-5-3-6-16(11-14)26-2/h3-12H,1-2H3,(H,22,24)(H,23,25). The highest BCUT2D eigenvalue weighted by molar-refractivity contribution is 6.31. The second kappa shape index (κ2) is 7.89. The summed E-state index contributed by atoms with van der Waals surface area (Å²) in [7, 11) is 1.56. The Balaban J connectivity index is 1.69. The normalized spacial score (nSPS) is 10.3. The predicted molar refractivity (Wildman–Crippen MR) is 105 cm³/mol. The van der Waals surface area contributed by atoms with Crippen molar-refractivity contribution in [2.45, 2.75) is 6.92 Å². The molecule has 0 saturated carbocycles. The number of hydrogen-bond acceptors (Lipinski definition) is 4. The lowest BCUT2D eigenvalue weighted by Gasteiger charge is -2.11. The van der Waals surface area contributed by atoms with Crippen LogP contribution in [0.15, 0.2) is 60.8 Å². The summed E-state index contributed by atoms with van der Waals surface area (Å²) >= 11 is 6.13. The number of carbonyl (C=O) groups is 1. The monoisotopic (exact) mass is 367 g/mol.